The first-order chi connectivity index (χ1) is 8.45. The van der Waals surface area contributed by atoms with Gasteiger partial charge in [0.15, 0.2) is 0 Å². The second kappa shape index (κ2) is 3.09. The molecule has 0 N–H and O–H groups in total. The summed E-state index contributed by atoms with van der Waals surface area (Å²) in [5, 5.41) is 0. The fourth-order valence-corrected chi connectivity index (χ4v) is 4.63. The number of nitrogens with zero attached hydrogens (tertiary/aromatic N) is 1. The molecule has 0 amide bonds. The third-order valence-electron chi connectivity index (χ3n) is 5.81. The molecular weight excluding hydrogens is 236 g/mol. The number of halogens is 2. The van der Waals surface area contributed by atoms with Crippen molar-refractivity contribution in [3.05, 3.63) is 0 Å². The molecule has 2 unspecified atom stereocenters. The van der Waals surface area contributed by atoms with Gasteiger partial charge in [-0.25, -0.2) is 8.78 Å². The highest BCUT2D eigenvalue weighted by Crippen LogP contribution is 2.72. The Kier molecular flexibility index (Phi) is 1.99. The zero-order valence-corrected chi connectivity index (χ0v) is 11.0. The summed E-state index contributed by atoms with van der Waals surface area (Å²) in [6.07, 6.45) is 4.45. The topological polar surface area (TPSA) is 12.5 Å². The van der Waals surface area contributed by atoms with Crippen molar-refractivity contribution in [3.8, 4) is 0 Å². The lowest BCUT2D eigenvalue weighted by Crippen LogP contribution is -2.42. The largest absolute Gasteiger partial charge is 0.380 e. The van der Waals surface area contributed by atoms with Gasteiger partial charge < -0.3 is 4.74 Å². The van der Waals surface area contributed by atoms with Crippen molar-refractivity contribution in [1.29, 1.82) is 0 Å². The standard InChI is InChI=1S/C14H21F2NO/c1-2-18-10-13-5-11(3-4-11)8-17(13)9-12(6-13)7-14(12,15)16/h2-10H2,1H3. The molecule has 2 atom stereocenters. The molecule has 4 aliphatic rings. The minimum absolute atomic E-state index is 0.0631. The summed E-state index contributed by atoms with van der Waals surface area (Å²) in [6.45, 7) is 4.97. The smallest absolute Gasteiger partial charge is 0.255 e. The third kappa shape index (κ3) is 1.34. The third-order valence-corrected chi connectivity index (χ3v) is 5.81. The highest BCUT2D eigenvalue weighted by molar-refractivity contribution is 5.25. The molecule has 2 saturated carbocycles. The summed E-state index contributed by atoms with van der Waals surface area (Å²) in [5.74, 6) is -2.41. The van der Waals surface area contributed by atoms with E-state index in [1.807, 2.05) is 6.92 Å². The van der Waals surface area contributed by atoms with E-state index in [-0.39, 0.29) is 12.0 Å². The number of hydrogen-bond acceptors (Lipinski definition) is 2. The van der Waals surface area contributed by atoms with Crippen molar-refractivity contribution in [2.75, 3.05) is 26.3 Å². The van der Waals surface area contributed by atoms with E-state index >= 15 is 0 Å². The summed E-state index contributed by atoms with van der Waals surface area (Å²) >= 11 is 0. The molecule has 2 aliphatic carbocycles. The van der Waals surface area contributed by atoms with Crippen molar-refractivity contribution in [1.82, 2.24) is 4.90 Å². The van der Waals surface area contributed by atoms with Crippen LogP contribution in [-0.2, 0) is 4.74 Å². The number of fused-ring (bicyclic) bond motifs is 1. The summed E-state index contributed by atoms with van der Waals surface area (Å²) in [7, 11) is 0. The van der Waals surface area contributed by atoms with Gasteiger partial charge in [-0.2, -0.15) is 0 Å². The van der Waals surface area contributed by atoms with Gasteiger partial charge in [-0.15, -0.1) is 0 Å². The van der Waals surface area contributed by atoms with Gasteiger partial charge in [0.2, 0.25) is 0 Å². The Balaban J connectivity index is 1.59. The Morgan fingerprint density at radius 1 is 1.11 bits per heavy atom. The van der Waals surface area contributed by atoms with Gasteiger partial charge in [0.1, 0.15) is 0 Å². The maximum Gasteiger partial charge on any atom is 0.255 e. The molecule has 4 heteroatoms. The van der Waals surface area contributed by atoms with Gasteiger partial charge in [-0.3, -0.25) is 4.90 Å². The SMILES string of the molecule is CCOCC12CC3(CC3)CN1CC1(C2)CC1(F)F. The van der Waals surface area contributed by atoms with Gasteiger partial charge >= 0.3 is 0 Å². The van der Waals surface area contributed by atoms with Crippen molar-refractivity contribution in [2.45, 2.75) is 50.5 Å². The zero-order valence-electron chi connectivity index (χ0n) is 11.0. The average Bonchev–Trinajstić information content (AvgIpc) is 3.03. The van der Waals surface area contributed by atoms with Gasteiger partial charge in [-0.1, -0.05) is 0 Å². The first kappa shape index (κ1) is 11.6. The van der Waals surface area contributed by atoms with Gasteiger partial charge in [-0.05, 0) is 38.0 Å². The molecule has 4 rings (SSSR count). The molecule has 0 aromatic carbocycles. The maximum atomic E-state index is 13.6. The molecule has 2 spiro atoms. The lowest BCUT2D eigenvalue weighted by Gasteiger charge is -2.31. The maximum absolute atomic E-state index is 13.6. The second-order valence-electron chi connectivity index (χ2n) is 7.23. The normalized spacial score (nSPS) is 46.8. The molecule has 0 aromatic heterocycles. The Bertz CT molecular complexity index is 395. The summed E-state index contributed by atoms with van der Waals surface area (Å²) < 4.78 is 32.9. The van der Waals surface area contributed by atoms with E-state index in [2.05, 4.69) is 4.90 Å². The molecule has 2 heterocycles. The lowest BCUT2D eigenvalue weighted by atomic mass is 9.84. The second-order valence-corrected chi connectivity index (χ2v) is 7.23. The molecule has 0 bridgehead atoms. The summed E-state index contributed by atoms with van der Waals surface area (Å²) in [4.78, 5) is 2.36. The van der Waals surface area contributed by atoms with Crippen LogP contribution in [0.3, 0.4) is 0 Å². The molecular formula is C14H21F2NO. The van der Waals surface area contributed by atoms with Gasteiger partial charge in [0.05, 0.1) is 12.0 Å². The van der Waals surface area contributed by atoms with Crippen LogP contribution in [0.4, 0.5) is 8.78 Å². The minimum atomic E-state index is -2.41. The van der Waals surface area contributed by atoms with Crippen LogP contribution in [0.15, 0.2) is 0 Å². The predicted molar refractivity (Wildman–Crippen MR) is 63.7 cm³/mol. The quantitative estimate of drug-likeness (QED) is 0.770. The van der Waals surface area contributed by atoms with Crippen LogP contribution in [0, 0.1) is 10.8 Å². The van der Waals surface area contributed by atoms with Crippen LogP contribution in [0.25, 0.3) is 0 Å². The number of alkyl halides is 2. The molecule has 18 heavy (non-hydrogen) atoms. The Labute approximate surface area is 107 Å². The predicted octanol–water partition coefficient (Wildman–Crippen LogP) is 2.68. The van der Waals surface area contributed by atoms with Crippen molar-refractivity contribution in [2.24, 2.45) is 10.8 Å². The van der Waals surface area contributed by atoms with E-state index in [0.29, 0.717) is 31.6 Å². The van der Waals surface area contributed by atoms with E-state index in [4.69, 9.17) is 4.74 Å². The Morgan fingerprint density at radius 2 is 1.83 bits per heavy atom. The van der Waals surface area contributed by atoms with E-state index in [0.717, 1.165) is 13.0 Å². The van der Waals surface area contributed by atoms with Crippen LogP contribution in [-0.4, -0.2) is 42.7 Å². The summed E-state index contributed by atoms with van der Waals surface area (Å²) in [5.41, 5.74) is -0.282. The van der Waals surface area contributed by atoms with E-state index < -0.39 is 11.3 Å². The van der Waals surface area contributed by atoms with Crippen LogP contribution in [0.2, 0.25) is 0 Å². The van der Waals surface area contributed by atoms with Crippen molar-refractivity contribution in [3.63, 3.8) is 0 Å². The Morgan fingerprint density at radius 3 is 2.39 bits per heavy atom. The highest BCUT2D eigenvalue weighted by Gasteiger charge is 2.79. The summed E-state index contributed by atoms with van der Waals surface area (Å²) in [6, 6.07) is 0. The average molecular weight is 257 g/mol. The van der Waals surface area contributed by atoms with E-state index in [1.165, 1.54) is 12.8 Å². The monoisotopic (exact) mass is 257 g/mol. The zero-order chi connectivity index (χ0) is 12.6. The molecule has 4 fully saturated rings. The first-order valence-corrected chi connectivity index (χ1v) is 7.16. The molecule has 2 aliphatic heterocycles. The van der Waals surface area contributed by atoms with Crippen LogP contribution >= 0.6 is 0 Å². The molecule has 102 valence electrons. The van der Waals surface area contributed by atoms with Crippen LogP contribution in [0.5, 0.6) is 0 Å². The lowest BCUT2D eigenvalue weighted by molar-refractivity contribution is 0.0385. The Hall–Kier alpha value is -0.220. The fraction of sp³-hybridized carbons (Fsp3) is 1.00. The molecule has 0 radical (unpaired) electrons. The minimum Gasteiger partial charge on any atom is -0.380 e. The molecule has 0 aromatic rings. The molecule has 2 saturated heterocycles. The van der Waals surface area contributed by atoms with Gasteiger partial charge in [0.25, 0.3) is 5.92 Å². The fourth-order valence-electron chi connectivity index (χ4n) is 4.63. The van der Waals surface area contributed by atoms with Crippen LogP contribution in [0.1, 0.15) is 39.0 Å². The van der Waals surface area contributed by atoms with E-state index in [1.54, 1.807) is 0 Å². The number of rotatable bonds is 3. The van der Waals surface area contributed by atoms with Crippen molar-refractivity contribution >= 4 is 0 Å². The van der Waals surface area contributed by atoms with E-state index in [9.17, 15) is 8.78 Å². The number of ether oxygens (including phenoxy) is 1. The van der Waals surface area contributed by atoms with Gasteiger partial charge in [0, 0.05) is 31.7 Å². The van der Waals surface area contributed by atoms with Crippen LogP contribution < -0.4 is 0 Å². The number of hydrogen-bond donors (Lipinski definition) is 0. The molecule has 2 nitrogen and oxygen atoms in total. The first-order valence-electron chi connectivity index (χ1n) is 7.16. The highest BCUT2D eigenvalue weighted by atomic mass is 19.3. The van der Waals surface area contributed by atoms with Crippen molar-refractivity contribution < 1.29 is 13.5 Å².